The number of rotatable bonds is 4. The van der Waals surface area contributed by atoms with Crippen LogP contribution in [0.4, 0.5) is 0 Å². The molecule has 110 valence electrons. The van der Waals surface area contributed by atoms with Crippen LogP contribution >= 0.6 is 0 Å². The van der Waals surface area contributed by atoms with Gasteiger partial charge in [0.05, 0.1) is 12.7 Å². The molecule has 0 fully saturated rings. The lowest BCUT2D eigenvalue weighted by Gasteiger charge is -2.13. The SMILES string of the molecule is COC(=O)c1cc(C)c(OCc2ccc(C)cc2)c(C)c1. The lowest BCUT2D eigenvalue weighted by molar-refractivity contribution is 0.0600. The predicted molar refractivity (Wildman–Crippen MR) is 82.8 cm³/mol. The lowest BCUT2D eigenvalue weighted by atomic mass is 10.1. The van der Waals surface area contributed by atoms with E-state index in [9.17, 15) is 4.79 Å². The Labute approximate surface area is 125 Å². The first-order valence-electron chi connectivity index (χ1n) is 6.89. The molecule has 0 aliphatic rings. The first-order valence-corrected chi connectivity index (χ1v) is 6.89. The Balaban J connectivity index is 2.17. The number of methoxy groups -OCH3 is 1. The highest BCUT2D eigenvalue weighted by Gasteiger charge is 2.12. The molecule has 0 atom stereocenters. The Morgan fingerprint density at radius 2 is 1.57 bits per heavy atom. The van der Waals surface area contributed by atoms with Crippen LogP contribution in [0.5, 0.6) is 5.75 Å². The average Bonchev–Trinajstić information content (AvgIpc) is 2.47. The first kappa shape index (κ1) is 15.1. The molecule has 0 saturated heterocycles. The Hall–Kier alpha value is -2.29. The van der Waals surface area contributed by atoms with Crippen LogP contribution in [0.1, 0.15) is 32.6 Å². The molecule has 2 aromatic carbocycles. The largest absolute Gasteiger partial charge is 0.488 e. The number of carbonyl (C=O) groups is 1. The van der Waals surface area contributed by atoms with Gasteiger partial charge < -0.3 is 9.47 Å². The van der Waals surface area contributed by atoms with E-state index in [1.54, 1.807) is 12.1 Å². The van der Waals surface area contributed by atoms with E-state index < -0.39 is 0 Å². The third-order valence-corrected chi connectivity index (χ3v) is 3.39. The van der Waals surface area contributed by atoms with Crippen LogP contribution in [-0.4, -0.2) is 13.1 Å². The Morgan fingerprint density at radius 3 is 2.10 bits per heavy atom. The second-order valence-corrected chi connectivity index (χ2v) is 5.21. The summed E-state index contributed by atoms with van der Waals surface area (Å²) >= 11 is 0. The Kier molecular flexibility index (Phi) is 4.63. The zero-order valence-corrected chi connectivity index (χ0v) is 12.9. The second kappa shape index (κ2) is 6.44. The molecule has 0 bridgehead atoms. The monoisotopic (exact) mass is 284 g/mol. The van der Waals surface area contributed by atoms with Gasteiger partial charge in [-0.1, -0.05) is 29.8 Å². The van der Waals surface area contributed by atoms with E-state index in [4.69, 9.17) is 9.47 Å². The van der Waals surface area contributed by atoms with Gasteiger partial charge in [-0.2, -0.15) is 0 Å². The highest BCUT2D eigenvalue weighted by molar-refractivity contribution is 5.90. The van der Waals surface area contributed by atoms with Gasteiger partial charge in [0.1, 0.15) is 12.4 Å². The zero-order chi connectivity index (χ0) is 15.4. The number of benzene rings is 2. The van der Waals surface area contributed by atoms with Gasteiger partial charge in [-0.05, 0) is 49.6 Å². The third-order valence-electron chi connectivity index (χ3n) is 3.39. The van der Waals surface area contributed by atoms with Crippen molar-refractivity contribution in [2.24, 2.45) is 0 Å². The molecular weight excluding hydrogens is 264 g/mol. The summed E-state index contributed by atoms with van der Waals surface area (Å²) in [6.07, 6.45) is 0. The Morgan fingerprint density at radius 1 is 1.00 bits per heavy atom. The fourth-order valence-electron chi connectivity index (χ4n) is 2.25. The van der Waals surface area contributed by atoms with Crippen molar-refractivity contribution in [3.63, 3.8) is 0 Å². The van der Waals surface area contributed by atoms with Crippen LogP contribution in [0.2, 0.25) is 0 Å². The highest BCUT2D eigenvalue weighted by Crippen LogP contribution is 2.26. The van der Waals surface area contributed by atoms with E-state index in [0.717, 1.165) is 22.4 Å². The molecule has 21 heavy (non-hydrogen) atoms. The maximum absolute atomic E-state index is 11.6. The minimum absolute atomic E-state index is 0.328. The van der Waals surface area contributed by atoms with Gasteiger partial charge in [-0.25, -0.2) is 4.79 Å². The summed E-state index contributed by atoms with van der Waals surface area (Å²) in [5.41, 5.74) is 4.77. The summed E-state index contributed by atoms with van der Waals surface area (Å²) in [6, 6.07) is 11.8. The standard InChI is InChI=1S/C18H20O3/c1-12-5-7-15(8-6-12)11-21-17-13(2)9-16(10-14(17)3)18(19)20-4/h5-10H,11H2,1-4H3. The van der Waals surface area contributed by atoms with Crippen LogP contribution in [0.3, 0.4) is 0 Å². The first-order chi connectivity index (χ1) is 10.0. The summed E-state index contributed by atoms with van der Waals surface area (Å²) in [5, 5.41) is 0. The molecule has 3 nitrogen and oxygen atoms in total. The molecule has 0 spiro atoms. The maximum atomic E-state index is 11.6. The average molecular weight is 284 g/mol. The molecule has 0 radical (unpaired) electrons. The Bertz CT molecular complexity index is 619. The summed E-state index contributed by atoms with van der Waals surface area (Å²) in [5.74, 6) is 0.495. The number of aryl methyl sites for hydroxylation is 3. The molecule has 0 unspecified atom stereocenters. The number of esters is 1. The molecule has 0 aromatic heterocycles. The van der Waals surface area contributed by atoms with E-state index in [2.05, 4.69) is 31.2 Å². The van der Waals surface area contributed by atoms with E-state index in [-0.39, 0.29) is 5.97 Å². The van der Waals surface area contributed by atoms with Crippen LogP contribution in [0.25, 0.3) is 0 Å². The van der Waals surface area contributed by atoms with Gasteiger partial charge in [-0.15, -0.1) is 0 Å². The molecule has 0 N–H and O–H groups in total. The fourth-order valence-corrected chi connectivity index (χ4v) is 2.25. The maximum Gasteiger partial charge on any atom is 0.337 e. The second-order valence-electron chi connectivity index (χ2n) is 5.21. The van der Waals surface area contributed by atoms with Crippen molar-refractivity contribution < 1.29 is 14.3 Å². The smallest absolute Gasteiger partial charge is 0.337 e. The fraction of sp³-hybridized carbons (Fsp3) is 0.278. The van der Waals surface area contributed by atoms with Crippen molar-refractivity contribution >= 4 is 5.97 Å². The number of hydrogen-bond acceptors (Lipinski definition) is 3. The topological polar surface area (TPSA) is 35.5 Å². The van der Waals surface area contributed by atoms with Gasteiger partial charge in [-0.3, -0.25) is 0 Å². The van der Waals surface area contributed by atoms with E-state index in [0.29, 0.717) is 12.2 Å². The van der Waals surface area contributed by atoms with Gasteiger partial charge >= 0.3 is 5.97 Å². The van der Waals surface area contributed by atoms with Crippen LogP contribution in [0.15, 0.2) is 36.4 Å². The molecule has 0 aliphatic carbocycles. The molecule has 3 heteroatoms. The predicted octanol–water partition coefficient (Wildman–Crippen LogP) is 3.98. The van der Waals surface area contributed by atoms with Crippen molar-refractivity contribution in [1.82, 2.24) is 0 Å². The minimum atomic E-state index is -0.328. The van der Waals surface area contributed by atoms with Crippen LogP contribution in [0, 0.1) is 20.8 Å². The van der Waals surface area contributed by atoms with Gasteiger partial charge in [0, 0.05) is 0 Å². The van der Waals surface area contributed by atoms with Crippen LogP contribution in [-0.2, 0) is 11.3 Å². The third kappa shape index (κ3) is 3.63. The molecule has 2 aromatic rings. The van der Waals surface area contributed by atoms with Crippen molar-refractivity contribution in [2.75, 3.05) is 7.11 Å². The molecule has 0 saturated carbocycles. The van der Waals surface area contributed by atoms with E-state index in [1.807, 2.05) is 13.8 Å². The number of carbonyl (C=O) groups excluding carboxylic acids is 1. The molecule has 2 rings (SSSR count). The lowest BCUT2D eigenvalue weighted by Crippen LogP contribution is -2.05. The van der Waals surface area contributed by atoms with Crippen molar-refractivity contribution in [3.8, 4) is 5.75 Å². The van der Waals surface area contributed by atoms with E-state index in [1.165, 1.54) is 12.7 Å². The molecular formula is C18H20O3. The summed E-state index contributed by atoms with van der Waals surface area (Å²) in [7, 11) is 1.38. The van der Waals surface area contributed by atoms with Crippen molar-refractivity contribution in [3.05, 3.63) is 64.2 Å². The zero-order valence-electron chi connectivity index (χ0n) is 12.9. The van der Waals surface area contributed by atoms with Gasteiger partial charge in [0.25, 0.3) is 0 Å². The van der Waals surface area contributed by atoms with E-state index >= 15 is 0 Å². The molecule has 0 amide bonds. The summed E-state index contributed by atoms with van der Waals surface area (Å²) < 4.78 is 10.7. The van der Waals surface area contributed by atoms with Gasteiger partial charge in [0.2, 0.25) is 0 Å². The quantitative estimate of drug-likeness (QED) is 0.797. The van der Waals surface area contributed by atoms with Gasteiger partial charge in [0.15, 0.2) is 0 Å². The highest BCUT2D eigenvalue weighted by atomic mass is 16.5. The minimum Gasteiger partial charge on any atom is -0.488 e. The normalized spacial score (nSPS) is 10.3. The molecule has 0 aliphatic heterocycles. The van der Waals surface area contributed by atoms with Crippen molar-refractivity contribution in [2.45, 2.75) is 27.4 Å². The summed E-state index contributed by atoms with van der Waals surface area (Å²) in [6.45, 7) is 6.44. The van der Waals surface area contributed by atoms with Crippen molar-refractivity contribution in [1.29, 1.82) is 0 Å². The number of hydrogen-bond donors (Lipinski definition) is 0. The molecule has 0 heterocycles. The number of ether oxygens (including phenoxy) is 2. The van der Waals surface area contributed by atoms with Crippen LogP contribution < -0.4 is 4.74 Å². The summed E-state index contributed by atoms with van der Waals surface area (Å²) in [4.78, 5) is 11.6.